The number of methoxy groups -OCH3 is 3. The van der Waals surface area contributed by atoms with Crippen LogP contribution in [-0.2, 0) is 6.54 Å². The molecule has 3 rings (SSSR count). The molecule has 0 amide bonds. The summed E-state index contributed by atoms with van der Waals surface area (Å²) in [6.07, 6.45) is 0. The van der Waals surface area contributed by atoms with Crippen molar-refractivity contribution in [2.45, 2.75) is 6.54 Å². The van der Waals surface area contributed by atoms with Gasteiger partial charge in [0.1, 0.15) is 0 Å². The fraction of sp³-hybridized carbons (Fsp3) is 0.409. The fourth-order valence-electron chi connectivity index (χ4n) is 3.60. The Labute approximate surface area is 206 Å². The minimum absolute atomic E-state index is 0. The second-order valence-electron chi connectivity index (χ2n) is 6.89. The minimum Gasteiger partial charge on any atom is -0.493 e. The van der Waals surface area contributed by atoms with E-state index >= 15 is 0 Å². The summed E-state index contributed by atoms with van der Waals surface area (Å²) in [5.74, 6) is 2.73. The molecule has 1 N–H and O–H groups in total. The highest BCUT2D eigenvalue weighted by atomic mass is 127. The van der Waals surface area contributed by atoms with Crippen molar-refractivity contribution < 1.29 is 14.2 Å². The molecular formula is C22H30ClIN4O3. The molecule has 1 saturated heterocycles. The second-order valence-corrected chi connectivity index (χ2v) is 7.32. The van der Waals surface area contributed by atoms with Crippen LogP contribution in [0.3, 0.4) is 0 Å². The monoisotopic (exact) mass is 560 g/mol. The maximum atomic E-state index is 6.14. The van der Waals surface area contributed by atoms with Crippen molar-refractivity contribution in [1.82, 2.24) is 10.2 Å². The molecular weight excluding hydrogens is 531 g/mol. The molecule has 1 aliphatic heterocycles. The predicted octanol–water partition coefficient (Wildman–Crippen LogP) is 3.88. The lowest BCUT2D eigenvalue weighted by molar-refractivity contribution is 0.323. The molecule has 1 aliphatic rings. The Bertz CT molecular complexity index is 864. The number of benzene rings is 2. The van der Waals surface area contributed by atoms with Gasteiger partial charge >= 0.3 is 0 Å². The highest BCUT2D eigenvalue weighted by Crippen LogP contribution is 2.38. The highest BCUT2D eigenvalue weighted by Gasteiger charge is 2.20. The van der Waals surface area contributed by atoms with E-state index < -0.39 is 0 Å². The topological polar surface area (TPSA) is 58.6 Å². The van der Waals surface area contributed by atoms with Gasteiger partial charge in [-0.3, -0.25) is 4.99 Å². The molecule has 0 saturated carbocycles. The molecule has 0 atom stereocenters. The number of piperazine rings is 1. The number of aliphatic imine (C=N–C) groups is 1. The lowest BCUT2D eigenvalue weighted by Gasteiger charge is -2.37. The SMILES string of the molecule is CN=C(NCc1cc(OC)c(OC)c(OC)c1)N1CCN(c2cccc(Cl)c2)CC1.I. The third kappa shape index (κ3) is 6.22. The van der Waals surface area contributed by atoms with E-state index in [4.69, 9.17) is 25.8 Å². The number of anilines is 1. The molecule has 1 heterocycles. The van der Waals surface area contributed by atoms with Crippen molar-refractivity contribution in [1.29, 1.82) is 0 Å². The average molecular weight is 561 g/mol. The van der Waals surface area contributed by atoms with E-state index in [0.29, 0.717) is 23.8 Å². The number of nitrogens with one attached hydrogen (secondary N) is 1. The highest BCUT2D eigenvalue weighted by molar-refractivity contribution is 14.0. The van der Waals surface area contributed by atoms with Crippen LogP contribution < -0.4 is 24.4 Å². The number of halogens is 2. The summed E-state index contributed by atoms with van der Waals surface area (Å²) in [6.45, 7) is 4.16. The third-order valence-corrected chi connectivity index (χ3v) is 5.37. The van der Waals surface area contributed by atoms with Crippen LogP contribution in [0.4, 0.5) is 5.69 Å². The Morgan fingerprint density at radius 3 is 2.16 bits per heavy atom. The van der Waals surface area contributed by atoms with Crippen molar-refractivity contribution in [2.75, 3.05) is 59.5 Å². The molecule has 0 aromatic heterocycles. The van der Waals surface area contributed by atoms with E-state index in [1.54, 1.807) is 28.4 Å². The number of nitrogens with zero attached hydrogens (tertiary/aromatic N) is 3. The number of rotatable bonds is 6. The van der Waals surface area contributed by atoms with E-state index in [-0.39, 0.29) is 24.0 Å². The molecule has 0 bridgehead atoms. The van der Waals surface area contributed by atoms with E-state index in [1.807, 2.05) is 30.3 Å². The van der Waals surface area contributed by atoms with Gasteiger partial charge in [0.2, 0.25) is 5.75 Å². The second kappa shape index (κ2) is 12.1. The van der Waals surface area contributed by atoms with Gasteiger partial charge in [-0.05, 0) is 35.9 Å². The van der Waals surface area contributed by atoms with Crippen LogP contribution in [0.1, 0.15) is 5.56 Å². The van der Waals surface area contributed by atoms with Crippen LogP contribution in [0.2, 0.25) is 5.02 Å². The molecule has 9 heteroatoms. The van der Waals surface area contributed by atoms with Crippen LogP contribution in [0.5, 0.6) is 17.2 Å². The largest absolute Gasteiger partial charge is 0.493 e. The van der Waals surface area contributed by atoms with Crippen LogP contribution in [0, 0.1) is 0 Å². The first-order valence-corrected chi connectivity index (χ1v) is 10.2. The Morgan fingerprint density at radius 1 is 1.00 bits per heavy atom. The summed E-state index contributed by atoms with van der Waals surface area (Å²) >= 11 is 6.14. The van der Waals surface area contributed by atoms with Crippen molar-refractivity contribution in [3.05, 3.63) is 47.0 Å². The van der Waals surface area contributed by atoms with Crippen LogP contribution in [0.25, 0.3) is 0 Å². The lowest BCUT2D eigenvalue weighted by Crippen LogP contribution is -2.52. The van der Waals surface area contributed by atoms with Gasteiger partial charge in [-0.15, -0.1) is 24.0 Å². The molecule has 0 radical (unpaired) electrons. The quantitative estimate of drug-likeness (QED) is 0.329. The Morgan fingerprint density at radius 2 is 1.65 bits per heavy atom. The molecule has 1 fully saturated rings. The van der Waals surface area contributed by atoms with Crippen molar-refractivity contribution >= 4 is 47.2 Å². The first-order valence-electron chi connectivity index (χ1n) is 9.84. The predicted molar refractivity (Wildman–Crippen MR) is 137 cm³/mol. The van der Waals surface area contributed by atoms with Gasteiger partial charge in [-0.2, -0.15) is 0 Å². The van der Waals surface area contributed by atoms with Crippen molar-refractivity contribution in [3.8, 4) is 17.2 Å². The van der Waals surface area contributed by atoms with E-state index in [2.05, 4.69) is 26.2 Å². The summed E-state index contributed by atoms with van der Waals surface area (Å²) in [4.78, 5) is 9.07. The van der Waals surface area contributed by atoms with Gasteiger partial charge in [0.05, 0.1) is 21.3 Å². The average Bonchev–Trinajstić information content (AvgIpc) is 2.79. The van der Waals surface area contributed by atoms with Gasteiger partial charge in [-0.1, -0.05) is 17.7 Å². The molecule has 170 valence electrons. The summed E-state index contributed by atoms with van der Waals surface area (Å²) in [5.41, 5.74) is 2.17. The molecule has 0 unspecified atom stereocenters. The maximum Gasteiger partial charge on any atom is 0.203 e. The summed E-state index contributed by atoms with van der Waals surface area (Å²) in [5, 5.41) is 4.21. The first-order chi connectivity index (χ1) is 14.6. The number of guanidine groups is 1. The normalized spacial score (nSPS) is 14.0. The lowest BCUT2D eigenvalue weighted by atomic mass is 10.1. The van der Waals surface area contributed by atoms with Crippen LogP contribution >= 0.6 is 35.6 Å². The summed E-state index contributed by atoms with van der Waals surface area (Å²) < 4.78 is 16.3. The van der Waals surface area contributed by atoms with E-state index in [1.165, 1.54) is 0 Å². The molecule has 31 heavy (non-hydrogen) atoms. The zero-order chi connectivity index (χ0) is 21.5. The van der Waals surface area contributed by atoms with E-state index in [0.717, 1.165) is 48.4 Å². The van der Waals surface area contributed by atoms with Crippen molar-refractivity contribution in [2.24, 2.45) is 4.99 Å². The summed E-state index contributed by atoms with van der Waals surface area (Å²) in [6, 6.07) is 11.9. The minimum atomic E-state index is 0. The zero-order valence-corrected chi connectivity index (χ0v) is 21.4. The number of hydrogen-bond acceptors (Lipinski definition) is 5. The first kappa shape index (κ1) is 25.2. The summed E-state index contributed by atoms with van der Waals surface area (Å²) in [7, 11) is 6.64. The van der Waals surface area contributed by atoms with Gasteiger partial charge in [0.15, 0.2) is 17.5 Å². The number of ether oxygens (including phenoxy) is 3. The molecule has 0 aliphatic carbocycles. The van der Waals surface area contributed by atoms with Gasteiger partial charge in [-0.25, -0.2) is 0 Å². The smallest absolute Gasteiger partial charge is 0.203 e. The van der Waals surface area contributed by atoms with Crippen molar-refractivity contribution in [3.63, 3.8) is 0 Å². The van der Waals surface area contributed by atoms with Crippen LogP contribution in [0.15, 0.2) is 41.4 Å². The van der Waals surface area contributed by atoms with Gasteiger partial charge in [0.25, 0.3) is 0 Å². The standard InChI is InChI=1S/C22H29ClN4O3.HI/c1-24-22(25-15-16-12-19(28-2)21(30-4)20(13-16)29-3)27-10-8-26(9-11-27)18-7-5-6-17(23)14-18;/h5-7,12-14H,8-11,15H2,1-4H3,(H,24,25);1H. The zero-order valence-electron chi connectivity index (χ0n) is 18.4. The molecule has 7 nitrogen and oxygen atoms in total. The van der Waals surface area contributed by atoms with E-state index in [9.17, 15) is 0 Å². The maximum absolute atomic E-state index is 6.14. The molecule has 2 aromatic rings. The molecule has 2 aromatic carbocycles. The molecule has 0 spiro atoms. The Balaban J connectivity index is 0.00000341. The number of hydrogen-bond donors (Lipinski definition) is 1. The van der Waals surface area contributed by atoms with Gasteiger partial charge < -0.3 is 29.3 Å². The Kier molecular flexibility index (Phi) is 9.83. The third-order valence-electron chi connectivity index (χ3n) is 5.14. The fourth-order valence-corrected chi connectivity index (χ4v) is 3.78. The Hall–Kier alpha value is -2.07. The van der Waals surface area contributed by atoms with Crippen LogP contribution in [-0.4, -0.2) is 65.4 Å². The van der Waals surface area contributed by atoms with Gasteiger partial charge in [0, 0.05) is 50.5 Å².